The van der Waals surface area contributed by atoms with E-state index < -0.39 is 26.0 Å². The van der Waals surface area contributed by atoms with Gasteiger partial charge in [0.25, 0.3) is 0 Å². The molecule has 32 heavy (non-hydrogen) atoms. The van der Waals surface area contributed by atoms with E-state index >= 15 is 0 Å². The van der Waals surface area contributed by atoms with Gasteiger partial charge in [-0.2, -0.15) is 4.31 Å². The Balaban J connectivity index is 1.62. The smallest absolute Gasteiger partial charge is 0.246 e. The van der Waals surface area contributed by atoms with E-state index in [1.807, 2.05) is 23.1 Å². The second-order valence-corrected chi connectivity index (χ2v) is 11.7. The molecule has 0 bridgehead atoms. The molecule has 2 aromatic rings. The van der Waals surface area contributed by atoms with Crippen molar-refractivity contribution in [3.05, 3.63) is 47.5 Å². The molecule has 0 atom stereocenters. The van der Waals surface area contributed by atoms with Gasteiger partial charge >= 0.3 is 0 Å². The van der Waals surface area contributed by atoms with Crippen LogP contribution in [0.15, 0.2) is 47.4 Å². The first-order valence-corrected chi connectivity index (χ1v) is 13.3. The maximum Gasteiger partial charge on any atom is 0.246 e. The highest BCUT2D eigenvalue weighted by molar-refractivity contribution is 7.94. The van der Waals surface area contributed by atoms with Crippen LogP contribution in [-0.4, -0.2) is 66.1 Å². The average molecular weight is 500 g/mol. The van der Waals surface area contributed by atoms with Crippen molar-refractivity contribution in [3.63, 3.8) is 0 Å². The Labute approximate surface area is 192 Å². The third-order valence-corrected chi connectivity index (χ3v) is 9.34. The van der Waals surface area contributed by atoms with Gasteiger partial charge in [0.15, 0.2) is 0 Å². The molecule has 0 N–H and O–H groups in total. The second-order valence-electron chi connectivity index (χ2n) is 7.43. The van der Waals surface area contributed by atoms with Crippen LogP contribution in [0.5, 0.6) is 5.75 Å². The zero-order chi connectivity index (χ0) is 23.1. The number of ether oxygens (including phenoxy) is 1. The van der Waals surface area contributed by atoms with Gasteiger partial charge in [-0.15, -0.1) is 0 Å². The Morgan fingerprint density at radius 1 is 1.00 bits per heavy atom. The number of piperazine rings is 1. The Morgan fingerprint density at radius 2 is 1.72 bits per heavy atom. The summed E-state index contributed by atoms with van der Waals surface area (Å²) >= 11 is 6.06. The number of hydrogen-bond acceptors (Lipinski definition) is 7. The Bertz CT molecular complexity index is 1260. The molecule has 2 heterocycles. The normalized spacial score (nSPS) is 19.4. The predicted molar refractivity (Wildman–Crippen MR) is 121 cm³/mol. The number of benzene rings is 2. The molecule has 0 saturated carbocycles. The van der Waals surface area contributed by atoms with Gasteiger partial charge in [-0.25, -0.2) is 21.1 Å². The number of nitrogens with zero attached hydrogens (tertiary/aromatic N) is 3. The van der Waals surface area contributed by atoms with E-state index in [1.54, 1.807) is 6.07 Å². The van der Waals surface area contributed by atoms with E-state index in [9.17, 15) is 21.6 Å². The van der Waals surface area contributed by atoms with Crippen molar-refractivity contribution in [3.8, 4) is 5.75 Å². The molecule has 2 aliphatic rings. The van der Waals surface area contributed by atoms with Gasteiger partial charge in [0.2, 0.25) is 26.0 Å². The molecule has 1 amide bonds. The van der Waals surface area contributed by atoms with Gasteiger partial charge in [-0.1, -0.05) is 17.7 Å². The largest absolute Gasteiger partial charge is 0.495 e. The first-order chi connectivity index (χ1) is 15.1. The Kier molecular flexibility index (Phi) is 6.10. The van der Waals surface area contributed by atoms with Crippen molar-refractivity contribution in [2.75, 3.05) is 48.2 Å². The lowest BCUT2D eigenvalue weighted by molar-refractivity contribution is -0.116. The minimum atomic E-state index is -4.00. The van der Waals surface area contributed by atoms with Crippen LogP contribution >= 0.6 is 11.6 Å². The molecule has 4 rings (SSSR count). The van der Waals surface area contributed by atoms with E-state index in [2.05, 4.69) is 0 Å². The van der Waals surface area contributed by atoms with Crippen LogP contribution < -0.4 is 13.9 Å². The zero-order valence-corrected chi connectivity index (χ0v) is 19.7. The highest BCUT2D eigenvalue weighted by Crippen LogP contribution is 2.34. The molecule has 2 aliphatic heterocycles. The number of halogens is 1. The molecule has 2 fully saturated rings. The van der Waals surface area contributed by atoms with Gasteiger partial charge in [-0.3, -0.25) is 4.79 Å². The van der Waals surface area contributed by atoms with Gasteiger partial charge < -0.3 is 9.64 Å². The molecule has 172 valence electrons. The summed E-state index contributed by atoms with van der Waals surface area (Å²) in [6.07, 6.45) is -0.137. The van der Waals surface area contributed by atoms with Crippen LogP contribution in [-0.2, 0) is 24.8 Å². The molecule has 2 saturated heterocycles. The molecule has 0 spiro atoms. The van der Waals surface area contributed by atoms with Gasteiger partial charge in [-0.05, 0) is 36.4 Å². The van der Waals surface area contributed by atoms with Crippen LogP contribution in [0.2, 0.25) is 5.02 Å². The molecule has 0 aliphatic carbocycles. The average Bonchev–Trinajstić information content (AvgIpc) is 3.05. The lowest BCUT2D eigenvalue weighted by Crippen LogP contribution is -2.48. The fraction of sp³-hybridized carbons (Fsp3) is 0.350. The Morgan fingerprint density at radius 3 is 2.31 bits per heavy atom. The summed E-state index contributed by atoms with van der Waals surface area (Å²) in [5, 5.41) is 0.602. The van der Waals surface area contributed by atoms with E-state index in [-0.39, 0.29) is 41.6 Å². The lowest BCUT2D eigenvalue weighted by atomic mass is 10.2. The van der Waals surface area contributed by atoms with E-state index in [0.29, 0.717) is 22.4 Å². The molecular formula is C20H22ClN3O6S2. The summed E-state index contributed by atoms with van der Waals surface area (Å²) in [5.74, 6) is -0.811. The minimum Gasteiger partial charge on any atom is -0.495 e. The van der Waals surface area contributed by atoms with Gasteiger partial charge in [0.1, 0.15) is 10.6 Å². The number of hydrogen-bond donors (Lipinski definition) is 0. The summed E-state index contributed by atoms with van der Waals surface area (Å²) in [6.45, 7) is 1.37. The minimum absolute atomic E-state index is 0.00978. The van der Waals surface area contributed by atoms with E-state index in [4.69, 9.17) is 16.3 Å². The highest BCUT2D eigenvalue weighted by Gasteiger charge is 2.38. The maximum absolute atomic E-state index is 13.4. The van der Waals surface area contributed by atoms with Crippen molar-refractivity contribution in [2.45, 2.75) is 11.3 Å². The number of rotatable bonds is 5. The van der Waals surface area contributed by atoms with Crippen LogP contribution in [0.3, 0.4) is 0 Å². The van der Waals surface area contributed by atoms with Gasteiger partial charge in [0.05, 0.1) is 18.6 Å². The van der Waals surface area contributed by atoms with E-state index in [0.717, 1.165) is 5.69 Å². The van der Waals surface area contributed by atoms with Crippen LogP contribution in [0.1, 0.15) is 6.42 Å². The second kappa shape index (κ2) is 8.54. The quantitative estimate of drug-likeness (QED) is 0.619. The molecule has 12 heteroatoms. The summed E-state index contributed by atoms with van der Waals surface area (Å²) in [7, 11) is -6.49. The van der Waals surface area contributed by atoms with Crippen LogP contribution in [0.4, 0.5) is 11.4 Å². The molecule has 0 radical (unpaired) electrons. The van der Waals surface area contributed by atoms with E-state index in [1.165, 1.54) is 29.6 Å². The van der Waals surface area contributed by atoms with Gasteiger partial charge in [0, 0.05) is 43.3 Å². The SMILES string of the molecule is COc1ccc(N2C(=O)CCS2(=O)=O)cc1S(=O)(=O)N1CCN(c2cccc(Cl)c2)CC1. The van der Waals surface area contributed by atoms with Crippen molar-refractivity contribution < 1.29 is 26.4 Å². The fourth-order valence-corrected chi connectivity index (χ4v) is 7.09. The third kappa shape index (κ3) is 4.17. The number of amides is 1. The summed E-state index contributed by atoms with van der Waals surface area (Å²) in [6, 6.07) is 11.3. The summed E-state index contributed by atoms with van der Waals surface area (Å²) in [4.78, 5) is 14.0. The van der Waals surface area contributed by atoms with Crippen molar-refractivity contribution in [1.29, 1.82) is 0 Å². The lowest BCUT2D eigenvalue weighted by Gasteiger charge is -2.35. The highest BCUT2D eigenvalue weighted by atomic mass is 35.5. The van der Waals surface area contributed by atoms with Crippen LogP contribution in [0, 0.1) is 0 Å². The summed E-state index contributed by atoms with van der Waals surface area (Å²) in [5.41, 5.74) is 0.899. The van der Waals surface area contributed by atoms with Crippen molar-refractivity contribution >= 4 is 48.9 Å². The van der Waals surface area contributed by atoms with Crippen LogP contribution in [0.25, 0.3) is 0 Å². The molecular weight excluding hydrogens is 478 g/mol. The molecule has 0 unspecified atom stereocenters. The monoisotopic (exact) mass is 499 g/mol. The fourth-order valence-electron chi connectivity index (χ4n) is 3.86. The first-order valence-electron chi connectivity index (χ1n) is 9.88. The standard InChI is InChI=1S/C20H22ClN3O6S2/c1-30-18-6-5-17(24-20(25)7-12-31(24,26)27)14-19(18)32(28,29)23-10-8-22(9-11-23)16-4-2-3-15(21)13-16/h2-6,13-14H,7-12H2,1H3. The molecule has 2 aromatic carbocycles. The number of carbonyl (C=O) groups is 1. The number of anilines is 2. The topological polar surface area (TPSA) is 104 Å². The number of carbonyl (C=O) groups excluding carboxylic acids is 1. The zero-order valence-electron chi connectivity index (χ0n) is 17.3. The number of sulfonamides is 2. The first kappa shape index (κ1) is 22.8. The third-order valence-electron chi connectivity index (χ3n) is 5.49. The molecule has 9 nitrogen and oxygen atoms in total. The maximum atomic E-state index is 13.4. The van der Waals surface area contributed by atoms with Crippen molar-refractivity contribution in [2.24, 2.45) is 0 Å². The molecule has 0 aromatic heterocycles. The predicted octanol–water partition coefficient (Wildman–Crippen LogP) is 1.93. The Hall–Kier alpha value is -2.34. The summed E-state index contributed by atoms with van der Waals surface area (Å²) < 4.78 is 58.7. The number of methoxy groups -OCH3 is 1. The van der Waals surface area contributed by atoms with Crippen molar-refractivity contribution in [1.82, 2.24) is 4.31 Å².